The molecule has 21 heavy (non-hydrogen) atoms. The summed E-state index contributed by atoms with van der Waals surface area (Å²) in [5.74, 6) is 2.62. The summed E-state index contributed by atoms with van der Waals surface area (Å²) in [5, 5.41) is 3.47. The van der Waals surface area contributed by atoms with Gasteiger partial charge in [0.1, 0.15) is 0 Å². The van der Waals surface area contributed by atoms with Crippen LogP contribution in [-0.4, -0.2) is 44.4 Å². The van der Waals surface area contributed by atoms with Crippen LogP contribution >= 0.6 is 0 Å². The lowest BCUT2D eigenvalue weighted by molar-refractivity contribution is -0.00178. The lowest BCUT2D eigenvalue weighted by atomic mass is 9.83. The van der Waals surface area contributed by atoms with Crippen LogP contribution in [0.15, 0.2) is 0 Å². The summed E-state index contributed by atoms with van der Waals surface area (Å²) in [6.07, 6.45) is 7.04. The zero-order valence-corrected chi connectivity index (χ0v) is 14.9. The molecule has 0 atom stereocenters. The fourth-order valence-electron chi connectivity index (χ4n) is 3.36. The Bertz CT molecular complexity index is 231. The van der Waals surface area contributed by atoms with Gasteiger partial charge in [0.25, 0.3) is 0 Å². The first-order valence-corrected chi connectivity index (χ1v) is 9.25. The van der Waals surface area contributed by atoms with Crippen molar-refractivity contribution in [1.82, 2.24) is 10.2 Å². The highest BCUT2D eigenvalue weighted by molar-refractivity contribution is 4.76. The highest BCUT2D eigenvalue weighted by atomic mass is 16.5. The summed E-state index contributed by atoms with van der Waals surface area (Å²) in [6, 6.07) is 0. The third-order valence-electron chi connectivity index (χ3n) is 4.56. The van der Waals surface area contributed by atoms with Crippen LogP contribution in [-0.2, 0) is 4.74 Å². The zero-order chi connectivity index (χ0) is 15.5. The van der Waals surface area contributed by atoms with Crippen LogP contribution < -0.4 is 5.32 Å². The van der Waals surface area contributed by atoms with Crippen molar-refractivity contribution in [3.05, 3.63) is 0 Å². The minimum atomic E-state index is 0.650. The third-order valence-corrected chi connectivity index (χ3v) is 4.56. The van der Waals surface area contributed by atoms with E-state index in [4.69, 9.17) is 4.74 Å². The molecular formula is C18H38N2O. The Morgan fingerprint density at radius 3 is 2.14 bits per heavy atom. The first-order chi connectivity index (χ1) is 10.2. The summed E-state index contributed by atoms with van der Waals surface area (Å²) >= 11 is 0. The van der Waals surface area contributed by atoms with Crippen molar-refractivity contribution in [3.63, 3.8) is 0 Å². The molecule has 2 rings (SSSR count). The maximum absolute atomic E-state index is 5.74. The van der Waals surface area contributed by atoms with Crippen LogP contribution in [0.1, 0.15) is 59.8 Å². The van der Waals surface area contributed by atoms with Crippen molar-refractivity contribution >= 4 is 0 Å². The van der Waals surface area contributed by atoms with Crippen molar-refractivity contribution in [2.24, 2.45) is 17.8 Å². The largest absolute Gasteiger partial charge is 0.366 e. The molecule has 0 unspecified atom stereocenters. The fraction of sp³-hybridized carbons (Fsp3) is 1.00. The molecule has 1 N–H and O–H groups in total. The molecule has 3 nitrogen and oxygen atoms in total. The van der Waals surface area contributed by atoms with E-state index in [9.17, 15) is 0 Å². The molecule has 2 aliphatic heterocycles. The maximum atomic E-state index is 5.74. The van der Waals surface area contributed by atoms with Crippen molar-refractivity contribution < 1.29 is 4.74 Å². The second-order valence-corrected chi connectivity index (χ2v) is 6.88. The zero-order valence-electron chi connectivity index (χ0n) is 14.9. The molecule has 2 fully saturated rings. The Morgan fingerprint density at radius 2 is 1.57 bits per heavy atom. The van der Waals surface area contributed by atoms with E-state index in [2.05, 4.69) is 24.1 Å². The number of nitrogens with one attached hydrogen (secondary N) is 1. The maximum Gasteiger partial charge on any atom is 0.0990 e. The molecule has 0 spiro atoms. The average molecular weight is 299 g/mol. The van der Waals surface area contributed by atoms with Gasteiger partial charge in [-0.1, -0.05) is 27.7 Å². The molecule has 0 aliphatic carbocycles. The summed E-state index contributed by atoms with van der Waals surface area (Å²) in [4.78, 5) is 2.49. The van der Waals surface area contributed by atoms with Gasteiger partial charge in [0.15, 0.2) is 0 Å². The van der Waals surface area contributed by atoms with Crippen molar-refractivity contribution in [1.29, 1.82) is 0 Å². The molecule has 2 saturated heterocycles. The van der Waals surface area contributed by atoms with Gasteiger partial charge >= 0.3 is 0 Å². The lowest BCUT2D eigenvalue weighted by Crippen LogP contribution is -2.37. The Kier molecular flexibility index (Phi) is 10.3. The summed E-state index contributed by atoms with van der Waals surface area (Å²) < 4.78 is 5.74. The Labute approximate surface area is 132 Å². The topological polar surface area (TPSA) is 24.5 Å². The number of nitrogens with zero attached hydrogens (tertiary/aromatic N) is 1. The molecule has 0 aromatic heterocycles. The van der Waals surface area contributed by atoms with Gasteiger partial charge in [-0.25, -0.2) is 0 Å². The highest BCUT2D eigenvalue weighted by Gasteiger charge is 2.23. The predicted molar refractivity (Wildman–Crippen MR) is 91.5 cm³/mol. The van der Waals surface area contributed by atoms with Gasteiger partial charge in [0.05, 0.1) is 13.3 Å². The standard InChI is InChI=1S/C16H32N2O.C2H6/c1-14(2)12-19-13-18-9-5-16(6-10-18)11-15-3-7-17-8-4-15;1-2/h14-17H,3-13H2,1-2H3;1-2H3. The first-order valence-electron chi connectivity index (χ1n) is 9.25. The summed E-state index contributed by atoms with van der Waals surface area (Å²) in [7, 11) is 0. The number of piperidine rings is 2. The van der Waals surface area contributed by atoms with E-state index in [-0.39, 0.29) is 0 Å². The van der Waals surface area contributed by atoms with Crippen molar-refractivity contribution in [3.8, 4) is 0 Å². The van der Waals surface area contributed by atoms with Gasteiger partial charge in [0, 0.05) is 13.1 Å². The van der Waals surface area contributed by atoms with Crippen LogP contribution in [0.2, 0.25) is 0 Å². The lowest BCUT2D eigenvalue weighted by Gasteiger charge is -2.34. The molecule has 2 heterocycles. The molecule has 0 bridgehead atoms. The Balaban J connectivity index is 0.00000106. The summed E-state index contributed by atoms with van der Waals surface area (Å²) in [5.41, 5.74) is 0. The van der Waals surface area contributed by atoms with Gasteiger partial charge in [-0.2, -0.15) is 0 Å². The van der Waals surface area contributed by atoms with E-state index in [0.717, 1.165) is 25.2 Å². The quantitative estimate of drug-likeness (QED) is 0.808. The molecule has 3 heteroatoms. The normalized spacial score (nSPS) is 22.1. The molecule has 0 saturated carbocycles. The molecule has 0 amide bonds. The van der Waals surface area contributed by atoms with Gasteiger partial charge in [-0.15, -0.1) is 0 Å². The average Bonchev–Trinajstić information content (AvgIpc) is 2.52. The van der Waals surface area contributed by atoms with E-state index < -0.39 is 0 Å². The highest BCUT2D eigenvalue weighted by Crippen LogP contribution is 2.28. The first kappa shape index (κ1) is 18.9. The van der Waals surface area contributed by atoms with Crippen LogP contribution in [0.3, 0.4) is 0 Å². The molecular weight excluding hydrogens is 260 g/mol. The van der Waals surface area contributed by atoms with Crippen LogP contribution in [0, 0.1) is 17.8 Å². The number of ether oxygens (including phenoxy) is 1. The van der Waals surface area contributed by atoms with Crippen molar-refractivity contribution in [2.45, 2.75) is 59.8 Å². The van der Waals surface area contributed by atoms with E-state index in [0.29, 0.717) is 5.92 Å². The van der Waals surface area contributed by atoms with Crippen LogP contribution in [0.25, 0.3) is 0 Å². The Morgan fingerprint density at radius 1 is 1.00 bits per heavy atom. The summed E-state index contributed by atoms with van der Waals surface area (Å²) in [6.45, 7) is 15.1. The van der Waals surface area contributed by atoms with Crippen LogP contribution in [0.5, 0.6) is 0 Å². The SMILES string of the molecule is CC.CC(C)COCN1CCC(CC2CCNCC2)CC1. The van der Waals surface area contributed by atoms with Gasteiger partial charge in [-0.3, -0.25) is 4.90 Å². The van der Waals surface area contributed by atoms with Gasteiger partial charge in [0.2, 0.25) is 0 Å². The minimum absolute atomic E-state index is 0.650. The van der Waals surface area contributed by atoms with Gasteiger partial charge in [-0.05, 0) is 62.9 Å². The van der Waals surface area contributed by atoms with E-state index in [1.807, 2.05) is 13.8 Å². The van der Waals surface area contributed by atoms with E-state index >= 15 is 0 Å². The molecule has 126 valence electrons. The fourth-order valence-corrected chi connectivity index (χ4v) is 3.36. The Hall–Kier alpha value is -0.120. The minimum Gasteiger partial charge on any atom is -0.366 e. The number of hydrogen-bond acceptors (Lipinski definition) is 3. The smallest absolute Gasteiger partial charge is 0.0990 e. The number of hydrogen-bond donors (Lipinski definition) is 1. The second-order valence-electron chi connectivity index (χ2n) is 6.88. The molecule has 0 aromatic rings. The second kappa shape index (κ2) is 11.4. The van der Waals surface area contributed by atoms with Crippen LogP contribution in [0.4, 0.5) is 0 Å². The molecule has 0 radical (unpaired) electrons. The number of likely N-dealkylation sites (tertiary alicyclic amines) is 1. The van der Waals surface area contributed by atoms with Crippen molar-refractivity contribution in [2.75, 3.05) is 39.5 Å². The van der Waals surface area contributed by atoms with Gasteiger partial charge < -0.3 is 10.1 Å². The molecule has 2 aliphatic rings. The van der Waals surface area contributed by atoms with E-state index in [1.54, 1.807) is 0 Å². The predicted octanol–water partition coefficient (Wildman–Crippen LogP) is 3.74. The third kappa shape index (κ3) is 8.18. The number of rotatable bonds is 6. The molecule has 0 aromatic carbocycles. The monoisotopic (exact) mass is 298 g/mol. The van der Waals surface area contributed by atoms with E-state index in [1.165, 1.54) is 58.3 Å².